The van der Waals surface area contributed by atoms with Gasteiger partial charge in [0.15, 0.2) is 17.7 Å². The van der Waals surface area contributed by atoms with Crippen molar-refractivity contribution in [1.82, 2.24) is 0 Å². The zero-order valence-electron chi connectivity index (χ0n) is 15.1. The number of benzene rings is 2. The quantitative estimate of drug-likeness (QED) is 0.754. The summed E-state index contributed by atoms with van der Waals surface area (Å²) in [5.41, 5.74) is 0.526. The molecule has 1 aliphatic rings. The molecule has 6 nitrogen and oxygen atoms in total. The summed E-state index contributed by atoms with van der Waals surface area (Å²) in [6, 6.07) is 12.8. The van der Waals surface area contributed by atoms with E-state index in [1.54, 1.807) is 43.3 Å². The highest BCUT2D eigenvalue weighted by atomic mass is 19.1. The van der Waals surface area contributed by atoms with Crippen LogP contribution in [0.4, 0.5) is 10.1 Å². The zero-order valence-corrected chi connectivity index (χ0v) is 15.1. The van der Waals surface area contributed by atoms with E-state index in [0.29, 0.717) is 17.9 Å². The Morgan fingerprint density at radius 1 is 1.22 bits per heavy atom. The molecule has 0 radical (unpaired) electrons. The van der Waals surface area contributed by atoms with Crippen LogP contribution in [-0.2, 0) is 14.3 Å². The van der Waals surface area contributed by atoms with Crippen LogP contribution >= 0.6 is 0 Å². The molecule has 2 unspecified atom stereocenters. The first-order valence-corrected chi connectivity index (χ1v) is 8.61. The maximum absolute atomic E-state index is 13.9. The van der Waals surface area contributed by atoms with E-state index in [-0.39, 0.29) is 18.2 Å². The Kier molecular flexibility index (Phi) is 5.59. The molecule has 2 atom stereocenters. The Morgan fingerprint density at radius 3 is 2.63 bits per heavy atom. The van der Waals surface area contributed by atoms with Gasteiger partial charge in [-0.25, -0.2) is 9.18 Å². The molecule has 7 heteroatoms. The number of carbonyl (C=O) groups is 2. The number of nitrogens with zero attached hydrogens (tertiary/aromatic N) is 1. The number of amides is 1. The van der Waals surface area contributed by atoms with E-state index in [1.165, 1.54) is 24.1 Å². The summed E-state index contributed by atoms with van der Waals surface area (Å²) in [4.78, 5) is 26.5. The number of para-hydroxylation sites is 3. The van der Waals surface area contributed by atoms with Gasteiger partial charge in [0.1, 0.15) is 5.75 Å². The molecule has 0 aliphatic carbocycles. The zero-order chi connectivity index (χ0) is 19.4. The van der Waals surface area contributed by atoms with Crippen LogP contribution in [0, 0.1) is 5.82 Å². The minimum absolute atomic E-state index is 0.00348. The number of esters is 1. The van der Waals surface area contributed by atoms with Crippen LogP contribution in [0.2, 0.25) is 0 Å². The number of halogens is 1. The third-order valence-electron chi connectivity index (χ3n) is 4.26. The van der Waals surface area contributed by atoms with Gasteiger partial charge in [-0.1, -0.05) is 31.2 Å². The lowest BCUT2D eigenvalue weighted by Crippen LogP contribution is -2.51. The molecule has 0 fully saturated rings. The van der Waals surface area contributed by atoms with Crippen molar-refractivity contribution < 1.29 is 28.2 Å². The predicted octanol–water partition coefficient (Wildman–Crippen LogP) is 2.95. The van der Waals surface area contributed by atoms with Crippen LogP contribution in [0.5, 0.6) is 11.5 Å². The first-order valence-electron chi connectivity index (χ1n) is 8.61. The van der Waals surface area contributed by atoms with E-state index < -0.39 is 24.0 Å². The van der Waals surface area contributed by atoms with E-state index in [2.05, 4.69) is 0 Å². The molecule has 0 bridgehead atoms. The molecular weight excluding hydrogens is 353 g/mol. The van der Waals surface area contributed by atoms with Gasteiger partial charge in [-0.05, 0) is 30.7 Å². The number of hydrogen-bond acceptors (Lipinski definition) is 5. The van der Waals surface area contributed by atoms with Crippen molar-refractivity contribution in [3.63, 3.8) is 0 Å². The van der Waals surface area contributed by atoms with Crippen LogP contribution in [0.15, 0.2) is 48.5 Å². The van der Waals surface area contributed by atoms with Crippen molar-refractivity contribution in [3.8, 4) is 11.5 Å². The summed E-state index contributed by atoms with van der Waals surface area (Å²) in [6.07, 6.45) is -1.53. The molecule has 1 aliphatic heterocycles. The molecule has 27 heavy (non-hydrogen) atoms. The van der Waals surface area contributed by atoms with Gasteiger partial charge < -0.3 is 19.1 Å². The van der Waals surface area contributed by atoms with Crippen molar-refractivity contribution in [3.05, 3.63) is 54.3 Å². The smallest absolute Gasteiger partial charge is 0.348 e. The third-order valence-corrected chi connectivity index (χ3v) is 4.26. The normalized spacial score (nSPS) is 16.7. The second-order valence-corrected chi connectivity index (χ2v) is 5.99. The highest BCUT2D eigenvalue weighted by Crippen LogP contribution is 2.34. The van der Waals surface area contributed by atoms with E-state index in [0.717, 1.165) is 0 Å². The van der Waals surface area contributed by atoms with Crippen molar-refractivity contribution in [1.29, 1.82) is 0 Å². The number of anilines is 1. The summed E-state index contributed by atoms with van der Waals surface area (Å²) in [6.45, 7) is 1.76. The first-order chi connectivity index (χ1) is 13.0. The monoisotopic (exact) mass is 373 g/mol. The Labute approximate surface area is 156 Å². The Balaban J connectivity index is 1.89. The number of fused-ring (bicyclic) bond motifs is 1. The van der Waals surface area contributed by atoms with Gasteiger partial charge in [0.2, 0.25) is 6.10 Å². The van der Waals surface area contributed by atoms with Crippen LogP contribution in [0.3, 0.4) is 0 Å². The fourth-order valence-electron chi connectivity index (χ4n) is 2.87. The van der Waals surface area contributed by atoms with Gasteiger partial charge >= 0.3 is 5.97 Å². The standard InChI is InChI=1S/C20H20FNO5/c1-3-15(26-16-10-6-4-8-13(16)21)19(23)22-12-18(20(24)25-2)27-17-11-7-5-9-14(17)22/h4-11,15,18H,3,12H2,1-2H3. The average Bonchev–Trinajstić information content (AvgIpc) is 2.71. The molecule has 142 valence electrons. The predicted molar refractivity (Wildman–Crippen MR) is 96.3 cm³/mol. The van der Waals surface area contributed by atoms with E-state index in [9.17, 15) is 14.0 Å². The van der Waals surface area contributed by atoms with Crippen molar-refractivity contribution >= 4 is 17.6 Å². The fourth-order valence-corrected chi connectivity index (χ4v) is 2.87. The number of rotatable bonds is 5. The van der Waals surface area contributed by atoms with Crippen molar-refractivity contribution in [2.75, 3.05) is 18.6 Å². The topological polar surface area (TPSA) is 65.1 Å². The van der Waals surface area contributed by atoms with E-state index in [1.807, 2.05) is 0 Å². The van der Waals surface area contributed by atoms with Gasteiger partial charge in [0.05, 0.1) is 19.3 Å². The molecule has 1 amide bonds. The molecule has 0 saturated carbocycles. The van der Waals surface area contributed by atoms with Crippen LogP contribution in [0.25, 0.3) is 0 Å². The largest absolute Gasteiger partial charge is 0.478 e. The lowest BCUT2D eigenvalue weighted by Gasteiger charge is -2.35. The molecule has 1 heterocycles. The molecule has 0 spiro atoms. The van der Waals surface area contributed by atoms with Crippen LogP contribution in [0.1, 0.15) is 13.3 Å². The summed E-state index contributed by atoms with van der Waals surface area (Å²) in [5, 5.41) is 0. The lowest BCUT2D eigenvalue weighted by atomic mass is 10.1. The van der Waals surface area contributed by atoms with Crippen molar-refractivity contribution in [2.24, 2.45) is 0 Å². The number of carbonyl (C=O) groups excluding carboxylic acids is 2. The Hall–Kier alpha value is -3.09. The molecule has 0 N–H and O–H groups in total. The molecule has 0 saturated heterocycles. The van der Waals surface area contributed by atoms with E-state index in [4.69, 9.17) is 14.2 Å². The minimum Gasteiger partial charge on any atom is -0.478 e. The average molecular weight is 373 g/mol. The second-order valence-electron chi connectivity index (χ2n) is 5.99. The Morgan fingerprint density at radius 2 is 1.93 bits per heavy atom. The SMILES string of the molecule is CCC(Oc1ccccc1F)C(=O)N1CC(C(=O)OC)Oc2ccccc21. The fraction of sp³-hybridized carbons (Fsp3) is 0.300. The number of hydrogen-bond donors (Lipinski definition) is 0. The summed E-state index contributed by atoms with van der Waals surface area (Å²) >= 11 is 0. The molecule has 3 rings (SSSR count). The molecule has 0 aromatic heterocycles. The van der Waals surface area contributed by atoms with Gasteiger partial charge in [0.25, 0.3) is 5.91 Å². The Bertz CT molecular complexity index is 841. The number of ether oxygens (including phenoxy) is 3. The third kappa shape index (κ3) is 3.86. The highest BCUT2D eigenvalue weighted by molar-refractivity contribution is 5.99. The molecule has 2 aromatic carbocycles. The van der Waals surface area contributed by atoms with Crippen LogP contribution in [-0.4, -0.2) is 37.7 Å². The van der Waals surface area contributed by atoms with Gasteiger partial charge in [0, 0.05) is 0 Å². The van der Waals surface area contributed by atoms with Gasteiger partial charge in [-0.2, -0.15) is 0 Å². The minimum atomic E-state index is -0.945. The maximum Gasteiger partial charge on any atom is 0.348 e. The maximum atomic E-state index is 13.9. The molecular formula is C20H20FNO5. The van der Waals surface area contributed by atoms with Gasteiger partial charge in [-0.3, -0.25) is 4.79 Å². The summed E-state index contributed by atoms with van der Waals surface area (Å²) in [7, 11) is 1.26. The van der Waals surface area contributed by atoms with Gasteiger partial charge in [-0.15, -0.1) is 0 Å². The van der Waals surface area contributed by atoms with Crippen LogP contribution < -0.4 is 14.4 Å². The van der Waals surface area contributed by atoms with Crippen molar-refractivity contribution in [2.45, 2.75) is 25.6 Å². The summed E-state index contributed by atoms with van der Waals surface area (Å²) in [5.74, 6) is -1.11. The second kappa shape index (κ2) is 8.07. The highest BCUT2D eigenvalue weighted by Gasteiger charge is 2.37. The van der Waals surface area contributed by atoms with E-state index >= 15 is 0 Å². The first kappa shape index (κ1) is 18.7. The molecule has 2 aromatic rings. The summed E-state index contributed by atoms with van der Waals surface area (Å²) < 4.78 is 29.9. The lowest BCUT2D eigenvalue weighted by molar-refractivity contribution is -0.148. The number of methoxy groups -OCH3 is 1.